The van der Waals surface area contributed by atoms with Crippen molar-refractivity contribution in [2.45, 2.75) is 81.5 Å². The summed E-state index contributed by atoms with van der Waals surface area (Å²) < 4.78 is 29.1. The van der Waals surface area contributed by atoms with Gasteiger partial charge in [0.1, 0.15) is 0 Å². The van der Waals surface area contributed by atoms with Crippen LogP contribution in [0.1, 0.15) is 64.7 Å². The Hall–Kier alpha value is -1.23. The van der Waals surface area contributed by atoms with E-state index in [4.69, 9.17) is 0 Å². The molecule has 0 aromatic rings. The van der Waals surface area contributed by atoms with E-state index in [0.29, 0.717) is 38.3 Å². The number of carbonyl (C=O) groups excluding carboxylic acids is 2. The number of hydrogen-bond donors (Lipinski definition) is 2. The van der Waals surface area contributed by atoms with Gasteiger partial charge < -0.3 is 4.90 Å². The van der Waals surface area contributed by atoms with Crippen LogP contribution in [0, 0.1) is 17.8 Å². The number of hydrogen-bond acceptors (Lipinski definition) is 6. The van der Waals surface area contributed by atoms with Crippen LogP contribution in [-0.2, 0) is 14.8 Å². The van der Waals surface area contributed by atoms with Crippen molar-refractivity contribution in [1.29, 1.82) is 0 Å². The average Bonchev–Trinajstić information content (AvgIpc) is 3.14. The zero-order chi connectivity index (χ0) is 23.4. The van der Waals surface area contributed by atoms with E-state index in [9.17, 15) is 18.0 Å². The first-order chi connectivity index (χ1) is 15.7. The molecule has 2 aliphatic heterocycles. The smallest absolute Gasteiger partial charge is 0.320 e. The van der Waals surface area contributed by atoms with Crippen LogP contribution in [0.25, 0.3) is 0 Å². The molecule has 4 unspecified atom stereocenters. The summed E-state index contributed by atoms with van der Waals surface area (Å²) in [6.45, 7) is 4.56. The molecule has 0 spiro atoms. The lowest BCUT2D eigenvalue weighted by molar-refractivity contribution is -0.141. The summed E-state index contributed by atoms with van der Waals surface area (Å²) in [6.07, 6.45) is 7.80. The Balaban J connectivity index is 1.36. The van der Waals surface area contributed by atoms with E-state index < -0.39 is 21.2 Å². The van der Waals surface area contributed by atoms with Gasteiger partial charge in [-0.1, -0.05) is 12.8 Å². The van der Waals surface area contributed by atoms with Crippen LogP contribution in [0.4, 0.5) is 4.79 Å². The van der Waals surface area contributed by atoms with Gasteiger partial charge in [0.15, 0.2) is 0 Å². The van der Waals surface area contributed by atoms with Crippen molar-refractivity contribution in [3.05, 3.63) is 0 Å². The van der Waals surface area contributed by atoms with Crippen LogP contribution in [0.15, 0.2) is 0 Å². The number of fused-ring (bicyclic) bond motifs is 1. The number of amides is 3. The minimum absolute atomic E-state index is 0.160. The van der Waals surface area contributed by atoms with Crippen LogP contribution < -0.4 is 10.1 Å². The molecule has 9 nitrogen and oxygen atoms in total. The molecule has 3 amide bonds. The largest absolute Gasteiger partial charge is 0.326 e. The lowest BCUT2D eigenvalue weighted by Crippen LogP contribution is -2.65. The van der Waals surface area contributed by atoms with Gasteiger partial charge in [0.2, 0.25) is 15.9 Å². The second-order valence-electron chi connectivity index (χ2n) is 11.5. The van der Waals surface area contributed by atoms with Crippen molar-refractivity contribution in [1.82, 2.24) is 25.0 Å². The zero-order valence-electron chi connectivity index (χ0n) is 20.0. The summed E-state index contributed by atoms with van der Waals surface area (Å²) in [4.78, 5) is 30.6. The molecular formula is C23H39N5O4S. The van der Waals surface area contributed by atoms with E-state index in [1.807, 2.05) is 23.9 Å². The predicted molar refractivity (Wildman–Crippen MR) is 125 cm³/mol. The minimum atomic E-state index is -3.49. The number of nitrogens with one attached hydrogen (secondary N) is 2. The zero-order valence-corrected chi connectivity index (χ0v) is 20.8. The van der Waals surface area contributed by atoms with Gasteiger partial charge in [-0.2, -0.15) is 0 Å². The van der Waals surface area contributed by atoms with E-state index >= 15 is 0 Å². The number of rotatable bonds is 7. The highest BCUT2D eigenvalue weighted by Gasteiger charge is 2.52. The van der Waals surface area contributed by atoms with Crippen LogP contribution in [0.2, 0.25) is 0 Å². The number of urea groups is 1. The molecule has 5 fully saturated rings. The van der Waals surface area contributed by atoms with Gasteiger partial charge in [-0.25, -0.2) is 22.9 Å². The van der Waals surface area contributed by atoms with Gasteiger partial charge in [-0.3, -0.25) is 15.1 Å². The van der Waals surface area contributed by atoms with Crippen LogP contribution >= 0.6 is 0 Å². The second-order valence-corrected chi connectivity index (χ2v) is 13.4. The number of sulfonamides is 1. The molecule has 4 atom stereocenters. The maximum absolute atomic E-state index is 13.6. The highest BCUT2D eigenvalue weighted by Crippen LogP contribution is 2.41. The molecular weight excluding hydrogens is 442 g/mol. The van der Waals surface area contributed by atoms with Gasteiger partial charge >= 0.3 is 6.03 Å². The van der Waals surface area contributed by atoms with Gasteiger partial charge in [-0.05, 0) is 57.8 Å². The molecule has 0 radical (unpaired) electrons. The Bertz CT molecular complexity index is 885. The summed E-state index contributed by atoms with van der Waals surface area (Å²) in [6, 6.07) is -0.332. The molecule has 2 N–H and O–H groups in total. The van der Waals surface area contributed by atoms with Crippen molar-refractivity contribution < 1.29 is 18.0 Å². The topological polar surface area (TPSA) is 102 Å². The molecule has 5 aliphatic rings. The molecule has 2 saturated heterocycles. The van der Waals surface area contributed by atoms with Crippen molar-refractivity contribution >= 4 is 22.0 Å². The number of imide groups is 1. The van der Waals surface area contributed by atoms with Gasteiger partial charge in [0.25, 0.3) is 0 Å². The van der Waals surface area contributed by atoms with Crippen LogP contribution in [0.5, 0.6) is 0 Å². The highest BCUT2D eigenvalue weighted by atomic mass is 32.2. The summed E-state index contributed by atoms with van der Waals surface area (Å²) in [7, 11) is -1.53. The van der Waals surface area contributed by atoms with Crippen LogP contribution in [0.3, 0.4) is 0 Å². The van der Waals surface area contributed by atoms with Gasteiger partial charge in [0.05, 0.1) is 11.2 Å². The molecule has 10 heteroatoms. The molecule has 3 saturated carbocycles. The minimum Gasteiger partial charge on any atom is -0.320 e. The van der Waals surface area contributed by atoms with Gasteiger partial charge in [-0.15, -0.1) is 0 Å². The SMILES string of the molecule is CN1CC(CN2C(=O)C3CC(S(=O)(=O)NC4(C)CC4)CCC3N(CC3CCCC3)C2=O)CN1. The Labute approximate surface area is 197 Å². The van der Waals surface area contributed by atoms with E-state index in [1.54, 1.807) is 0 Å². The predicted octanol–water partition coefficient (Wildman–Crippen LogP) is 1.52. The standard InChI is InChI=1S/C23H39N5O4S/c1-23(9-10-23)25-33(31,32)18-7-8-20-19(11-18)21(29)28(15-17-12-24-26(2)13-17)22(30)27(20)14-16-5-3-4-6-16/h16-20,24-25H,3-15H2,1-2H3. The lowest BCUT2D eigenvalue weighted by atomic mass is 9.80. The first kappa shape index (κ1) is 23.5. The summed E-state index contributed by atoms with van der Waals surface area (Å²) in [5.41, 5.74) is 2.94. The molecule has 3 aliphatic carbocycles. The fourth-order valence-corrected chi connectivity index (χ4v) is 8.34. The van der Waals surface area contributed by atoms with Crippen molar-refractivity contribution in [2.75, 3.05) is 33.2 Å². The quantitative estimate of drug-likeness (QED) is 0.572. The summed E-state index contributed by atoms with van der Waals surface area (Å²) in [5, 5.41) is 1.43. The third-order valence-electron chi connectivity index (χ3n) is 8.61. The van der Waals surface area contributed by atoms with E-state index in [0.717, 1.165) is 38.8 Å². The molecule has 2 heterocycles. The first-order valence-electron chi connectivity index (χ1n) is 12.7. The Morgan fingerprint density at radius 2 is 1.79 bits per heavy atom. The van der Waals surface area contributed by atoms with Gasteiger partial charge in [0, 0.05) is 50.7 Å². The molecule has 0 aromatic carbocycles. The fraction of sp³-hybridized carbons (Fsp3) is 0.913. The first-order valence-corrected chi connectivity index (χ1v) is 14.3. The number of carbonyl (C=O) groups is 2. The maximum Gasteiger partial charge on any atom is 0.326 e. The Morgan fingerprint density at radius 3 is 2.42 bits per heavy atom. The molecule has 0 aromatic heterocycles. The monoisotopic (exact) mass is 481 g/mol. The van der Waals surface area contributed by atoms with Crippen molar-refractivity contribution in [3.8, 4) is 0 Å². The third kappa shape index (κ3) is 4.81. The second kappa shape index (κ2) is 8.77. The fourth-order valence-electron chi connectivity index (χ4n) is 6.38. The molecule has 0 bridgehead atoms. The third-order valence-corrected chi connectivity index (χ3v) is 10.7. The summed E-state index contributed by atoms with van der Waals surface area (Å²) >= 11 is 0. The van der Waals surface area contributed by atoms with Crippen molar-refractivity contribution in [3.63, 3.8) is 0 Å². The Kier molecular flexibility index (Phi) is 6.25. The molecule has 33 heavy (non-hydrogen) atoms. The molecule has 5 rings (SSSR count). The van der Waals surface area contributed by atoms with Crippen LogP contribution in [-0.4, -0.2) is 85.2 Å². The summed E-state index contributed by atoms with van der Waals surface area (Å²) in [5.74, 6) is 0.0764. The highest BCUT2D eigenvalue weighted by molar-refractivity contribution is 7.90. The lowest BCUT2D eigenvalue weighted by Gasteiger charge is -2.49. The van der Waals surface area contributed by atoms with Crippen molar-refractivity contribution in [2.24, 2.45) is 17.8 Å². The molecule has 186 valence electrons. The average molecular weight is 482 g/mol. The van der Waals surface area contributed by atoms with E-state index in [2.05, 4.69) is 10.1 Å². The van der Waals surface area contributed by atoms with E-state index in [1.165, 1.54) is 17.7 Å². The number of nitrogens with zero attached hydrogens (tertiary/aromatic N) is 3. The normalized spacial score (nSPS) is 35.3. The van der Waals surface area contributed by atoms with E-state index in [-0.39, 0.29) is 29.4 Å². The number of hydrazine groups is 1. The maximum atomic E-state index is 13.6. The Morgan fingerprint density at radius 1 is 1.06 bits per heavy atom.